The number of ketones is 2. The van der Waals surface area contributed by atoms with Crippen molar-refractivity contribution in [2.45, 2.75) is 92.1 Å². The molecule has 4 aliphatic rings. The number of Topliss-reactive ketones (excluding diaryl/α,β-unsaturated/α-hetero) is 2. The van der Waals surface area contributed by atoms with Gasteiger partial charge in [0.2, 0.25) is 0 Å². The molecule has 1 heterocycles. The molecule has 10 atom stereocenters. The molecule has 10 unspecified atom stereocenters. The van der Waals surface area contributed by atoms with Crippen LogP contribution >= 0.6 is 0 Å². The summed E-state index contributed by atoms with van der Waals surface area (Å²) in [6.07, 6.45) is -3.93. The second-order valence-electron chi connectivity index (χ2n) is 13.4. The van der Waals surface area contributed by atoms with Crippen LogP contribution in [0, 0.1) is 39.4 Å². The second kappa shape index (κ2) is 9.21. The van der Waals surface area contributed by atoms with Crippen LogP contribution in [0.15, 0.2) is 12.2 Å². The molecule has 3 aliphatic carbocycles. The number of carbonyl (C=O) groups is 6. The molecule has 0 aromatic rings. The third-order valence-corrected chi connectivity index (χ3v) is 11.0. The zero-order valence-electron chi connectivity index (χ0n) is 25.1. The summed E-state index contributed by atoms with van der Waals surface area (Å²) in [5.41, 5.74) is -7.42. The highest BCUT2D eigenvalue weighted by Gasteiger charge is 2.80. The maximum atomic E-state index is 14.2. The monoisotopic (exact) mass is 576 g/mol. The van der Waals surface area contributed by atoms with E-state index in [0.29, 0.717) is 5.57 Å². The molecule has 0 aromatic carbocycles. The van der Waals surface area contributed by atoms with Crippen LogP contribution in [0.1, 0.15) is 68.2 Å². The van der Waals surface area contributed by atoms with E-state index in [9.17, 15) is 33.9 Å². The molecule has 0 amide bonds. The van der Waals surface area contributed by atoms with Crippen molar-refractivity contribution >= 4 is 35.4 Å². The Morgan fingerprint density at radius 3 is 2.00 bits per heavy atom. The Morgan fingerprint density at radius 2 is 1.49 bits per heavy atom. The zero-order chi connectivity index (χ0) is 31.2. The quantitative estimate of drug-likeness (QED) is 0.227. The van der Waals surface area contributed by atoms with E-state index in [1.165, 1.54) is 27.7 Å². The summed E-state index contributed by atoms with van der Waals surface area (Å²) in [5.74, 6) is -7.34. The predicted octanol–water partition coefficient (Wildman–Crippen LogP) is 2.11. The van der Waals surface area contributed by atoms with E-state index >= 15 is 0 Å². The van der Waals surface area contributed by atoms with Crippen LogP contribution in [-0.2, 0) is 47.7 Å². The Labute approximate surface area is 239 Å². The Bertz CT molecular complexity index is 1270. The number of rotatable bonds is 3. The lowest BCUT2D eigenvalue weighted by atomic mass is 9.33. The minimum Gasteiger partial charge on any atom is -0.466 e. The molecule has 4 rings (SSSR count). The average Bonchev–Trinajstić information content (AvgIpc) is 2.84. The minimum absolute atomic E-state index is 0.0820. The molecule has 0 radical (unpaired) electrons. The molecule has 1 aliphatic heterocycles. The summed E-state index contributed by atoms with van der Waals surface area (Å²) in [4.78, 5) is 79.6. The first kappa shape index (κ1) is 30.9. The van der Waals surface area contributed by atoms with E-state index in [4.69, 9.17) is 18.9 Å². The van der Waals surface area contributed by atoms with Crippen LogP contribution in [0.5, 0.6) is 0 Å². The van der Waals surface area contributed by atoms with E-state index < -0.39 is 93.0 Å². The Balaban J connectivity index is 2.07. The first-order chi connectivity index (χ1) is 18.7. The van der Waals surface area contributed by atoms with Crippen molar-refractivity contribution in [2.24, 2.45) is 39.4 Å². The standard InChI is InChI=1S/C30H40O11/c1-13-11-16-28(7)18(34)12-17(33)26(4,5)20(28)19(39-14(2)31)22(40-15(3)32)29(16,8)21-23(35)41-30(9,25(37)38-10)24(36)27(13,21)6/h16,18-22,34H,1,11-12H2,2-10H3. The smallest absolute Gasteiger partial charge is 0.358 e. The number of hydrogen-bond acceptors (Lipinski definition) is 11. The van der Waals surface area contributed by atoms with Gasteiger partial charge in [0.1, 0.15) is 18.0 Å². The van der Waals surface area contributed by atoms with Crippen LogP contribution in [0.25, 0.3) is 0 Å². The van der Waals surface area contributed by atoms with Gasteiger partial charge in [-0.05, 0) is 26.2 Å². The Kier molecular flexibility index (Phi) is 6.93. The third kappa shape index (κ3) is 3.73. The highest BCUT2D eigenvalue weighted by Crippen LogP contribution is 2.73. The molecule has 226 valence electrons. The van der Waals surface area contributed by atoms with Crippen molar-refractivity contribution in [2.75, 3.05) is 7.11 Å². The second-order valence-corrected chi connectivity index (χ2v) is 13.4. The van der Waals surface area contributed by atoms with Crippen LogP contribution in [0.4, 0.5) is 0 Å². The molecule has 0 bridgehead atoms. The fourth-order valence-corrected chi connectivity index (χ4v) is 9.12. The van der Waals surface area contributed by atoms with E-state index in [-0.39, 0.29) is 18.6 Å². The first-order valence-corrected chi connectivity index (χ1v) is 13.8. The predicted molar refractivity (Wildman–Crippen MR) is 141 cm³/mol. The Morgan fingerprint density at radius 1 is 0.927 bits per heavy atom. The number of aliphatic hydroxyl groups excluding tert-OH is 1. The van der Waals surface area contributed by atoms with Gasteiger partial charge in [-0.3, -0.25) is 24.0 Å². The lowest BCUT2D eigenvalue weighted by Crippen LogP contribution is -2.79. The molecule has 0 spiro atoms. The fourth-order valence-electron chi connectivity index (χ4n) is 9.12. The van der Waals surface area contributed by atoms with Crippen LogP contribution < -0.4 is 0 Å². The van der Waals surface area contributed by atoms with Crippen molar-refractivity contribution in [1.82, 2.24) is 0 Å². The van der Waals surface area contributed by atoms with Gasteiger partial charge in [-0.15, -0.1) is 0 Å². The van der Waals surface area contributed by atoms with Gasteiger partial charge in [-0.2, -0.15) is 0 Å². The van der Waals surface area contributed by atoms with Crippen molar-refractivity contribution in [3.8, 4) is 0 Å². The third-order valence-electron chi connectivity index (χ3n) is 11.0. The van der Waals surface area contributed by atoms with Gasteiger partial charge in [-0.1, -0.05) is 39.8 Å². The average molecular weight is 577 g/mol. The summed E-state index contributed by atoms with van der Waals surface area (Å²) in [5, 5.41) is 11.6. The van der Waals surface area contributed by atoms with Crippen LogP contribution in [0.2, 0.25) is 0 Å². The number of ether oxygens (including phenoxy) is 4. The molecular weight excluding hydrogens is 536 g/mol. The number of cyclic esters (lactones) is 1. The summed E-state index contributed by atoms with van der Waals surface area (Å²) >= 11 is 0. The lowest BCUT2D eigenvalue weighted by Gasteiger charge is -2.71. The molecule has 4 fully saturated rings. The molecule has 1 N–H and O–H groups in total. The van der Waals surface area contributed by atoms with Crippen molar-refractivity contribution in [3.05, 3.63) is 12.2 Å². The Hall–Kier alpha value is -3.08. The summed E-state index contributed by atoms with van der Waals surface area (Å²) in [6.45, 7) is 16.1. The molecule has 41 heavy (non-hydrogen) atoms. The number of hydrogen-bond donors (Lipinski definition) is 1. The molecule has 11 nitrogen and oxygen atoms in total. The summed E-state index contributed by atoms with van der Waals surface area (Å²) < 4.78 is 22.2. The van der Waals surface area contributed by atoms with Crippen LogP contribution in [0.3, 0.4) is 0 Å². The normalized spacial score (nSPS) is 44.9. The first-order valence-electron chi connectivity index (χ1n) is 13.8. The maximum absolute atomic E-state index is 14.2. The zero-order valence-corrected chi connectivity index (χ0v) is 25.1. The summed E-state index contributed by atoms with van der Waals surface area (Å²) in [7, 11) is 1.08. The van der Waals surface area contributed by atoms with Crippen molar-refractivity contribution in [3.63, 3.8) is 0 Å². The number of carbonyl (C=O) groups excluding carboxylic acids is 6. The molecular formula is C30H40O11. The maximum Gasteiger partial charge on any atom is 0.358 e. The van der Waals surface area contributed by atoms with E-state index in [1.54, 1.807) is 27.7 Å². The number of methoxy groups -OCH3 is 1. The fraction of sp³-hybridized carbons (Fsp3) is 0.733. The van der Waals surface area contributed by atoms with Gasteiger partial charge in [0.05, 0.1) is 24.5 Å². The number of aliphatic hydroxyl groups is 1. The van der Waals surface area contributed by atoms with Gasteiger partial charge >= 0.3 is 23.9 Å². The molecule has 3 saturated carbocycles. The van der Waals surface area contributed by atoms with Crippen LogP contribution in [-0.4, -0.2) is 71.6 Å². The summed E-state index contributed by atoms with van der Waals surface area (Å²) in [6, 6.07) is 0. The van der Waals surface area contributed by atoms with Gasteiger partial charge in [-0.25, -0.2) is 4.79 Å². The number of fused-ring (bicyclic) bond motifs is 5. The molecule has 1 saturated heterocycles. The van der Waals surface area contributed by atoms with Gasteiger partial charge in [0.25, 0.3) is 5.60 Å². The van der Waals surface area contributed by atoms with Gasteiger partial charge < -0.3 is 24.1 Å². The largest absolute Gasteiger partial charge is 0.466 e. The highest BCUT2D eigenvalue weighted by atomic mass is 16.6. The van der Waals surface area contributed by atoms with Gasteiger partial charge in [0.15, 0.2) is 5.78 Å². The highest BCUT2D eigenvalue weighted by molar-refractivity contribution is 6.15. The lowest BCUT2D eigenvalue weighted by molar-refractivity contribution is -0.295. The molecule has 0 aromatic heterocycles. The van der Waals surface area contributed by atoms with E-state index in [1.807, 2.05) is 0 Å². The van der Waals surface area contributed by atoms with Crippen molar-refractivity contribution < 1.29 is 52.8 Å². The van der Waals surface area contributed by atoms with E-state index in [2.05, 4.69) is 6.58 Å². The SMILES string of the molecule is C=C1CC2C3(C)C(O)CC(=O)C(C)(C)C3C(OC(C)=O)C(OC(C)=O)C2(C)C2C(=O)OC(C)(C(=O)OC)C(=O)C12C. The van der Waals surface area contributed by atoms with E-state index in [0.717, 1.165) is 7.11 Å². The number of allylic oxidation sites excluding steroid dienone is 1. The van der Waals surface area contributed by atoms with Crippen molar-refractivity contribution in [1.29, 1.82) is 0 Å². The van der Waals surface area contributed by atoms with Gasteiger partial charge in [0, 0.05) is 42.4 Å². The number of esters is 4. The topological polar surface area (TPSA) is 160 Å². The molecule has 11 heteroatoms. The minimum atomic E-state index is -2.25.